The third-order valence-corrected chi connectivity index (χ3v) is 5.15. The lowest BCUT2D eigenvalue weighted by Gasteiger charge is -2.14. The summed E-state index contributed by atoms with van der Waals surface area (Å²) in [6, 6.07) is 19.8. The van der Waals surface area contributed by atoms with Gasteiger partial charge in [0.15, 0.2) is 11.5 Å². The molecule has 0 aromatic heterocycles. The van der Waals surface area contributed by atoms with Gasteiger partial charge in [0.05, 0.1) is 7.11 Å². The van der Waals surface area contributed by atoms with Crippen LogP contribution < -0.4 is 14.8 Å². The summed E-state index contributed by atoms with van der Waals surface area (Å²) >= 11 is 12.4. The average Bonchev–Trinajstić information content (AvgIpc) is 2.69. The van der Waals surface area contributed by atoms with Crippen LogP contribution >= 0.6 is 23.2 Å². The molecule has 0 spiro atoms. The summed E-state index contributed by atoms with van der Waals surface area (Å²) in [5.41, 5.74) is 4.40. The SMILES string of the molecule is COc1cc(CNCc2ccc(C)cc2)ccc1OCc1c(Cl)cccc1Cl. The van der Waals surface area contributed by atoms with Crippen molar-refractivity contribution < 1.29 is 9.47 Å². The van der Waals surface area contributed by atoms with E-state index in [0.717, 1.165) is 24.2 Å². The number of ether oxygens (including phenoxy) is 2. The van der Waals surface area contributed by atoms with E-state index in [-0.39, 0.29) is 6.61 Å². The lowest BCUT2D eigenvalue weighted by Crippen LogP contribution is -2.12. The number of nitrogens with one attached hydrogen (secondary N) is 1. The Morgan fingerprint density at radius 1 is 0.821 bits per heavy atom. The monoisotopic (exact) mass is 415 g/mol. The van der Waals surface area contributed by atoms with Gasteiger partial charge in [0.1, 0.15) is 6.61 Å². The molecule has 0 aliphatic rings. The molecule has 3 aromatic rings. The number of aryl methyl sites for hydroxylation is 1. The molecule has 28 heavy (non-hydrogen) atoms. The van der Waals surface area contributed by atoms with Crippen molar-refractivity contribution >= 4 is 23.2 Å². The summed E-state index contributed by atoms with van der Waals surface area (Å²) in [5, 5.41) is 4.62. The normalized spacial score (nSPS) is 10.7. The van der Waals surface area contributed by atoms with Crippen LogP contribution in [0, 0.1) is 6.92 Å². The van der Waals surface area contributed by atoms with E-state index < -0.39 is 0 Å². The topological polar surface area (TPSA) is 30.5 Å². The number of rotatable bonds is 8. The van der Waals surface area contributed by atoms with E-state index >= 15 is 0 Å². The molecule has 0 saturated heterocycles. The number of benzene rings is 3. The maximum atomic E-state index is 6.21. The van der Waals surface area contributed by atoms with Crippen molar-refractivity contribution in [2.45, 2.75) is 26.6 Å². The fourth-order valence-corrected chi connectivity index (χ4v) is 3.33. The minimum Gasteiger partial charge on any atom is -0.493 e. The lowest BCUT2D eigenvalue weighted by molar-refractivity contribution is 0.284. The van der Waals surface area contributed by atoms with Gasteiger partial charge in [-0.3, -0.25) is 0 Å². The summed E-state index contributed by atoms with van der Waals surface area (Å²) in [6.45, 7) is 3.92. The van der Waals surface area contributed by atoms with Crippen LogP contribution in [0.3, 0.4) is 0 Å². The Hall–Kier alpha value is -2.20. The predicted octanol–water partition coefficient (Wildman–Crippen LogP) is 6.18. The molecule has 0 amide bonds. The van der Waals surface area contributed by atoms with Gasteiger partial charge in [-0.1, -0.05) is 65.2 Å². The Morgan fingerprint density at radius 2 is 1.46 bits per heavy atom. The zero-order chi connectivity index (χ0) is 19.9. The highest BCUT2D eigenvalue weighted by atomic mass is 35.5. The summed E-state index contributed by atoms with van der Waals surface area (Å²) in [7, 11) is 1.63. The number of halogens is 2. The summed E-state index contributed by atoms with van der Waals surface area (Å²) in [4.78, 5) is 0. The Labute approximate surface area is 176 Å². The molecule has 3 aromatic carbocycles. The highest BCUT2D eigenvalue weighted by molar-refractivity contribution is 6.35. The van der Waals surface area contributed by atoms with Gasteiger partial charge in [0.2, 0.25) is 0 Å². The fourth-order valence-electron chi connectivity index (χ4n) is 2.82. The van der Waals surface area contributed by atoms with Crippen molar-refractivity contribution in [1.82, 2.24) is 5.32 Å². The van der Waals surface area contributed by atoms with Gasteiger partial charge in [0.25, 0.3) is 0 Å². The van der Waals surface area contributed by atoms with Gasteiger partial charge in [-0.05, 0) is 42.3 Å². The summed E-state index contributed by atoms with van der Waals surface area (Å²) in [6.07, 6.45) is 0. The van der Waals surface area contributed by atoms with Crippen LogP contribution in [-0.4, -0.2) is 7.11 Å². The molecule has 0 radical (unpaired) electrons. The van der Waals surface area contributed by atoms with Crippen molar-refractivity contribution in [1.29, 1.82) is 0 Å². The van der Waals surface area contributed by atoms with Gasteiger partial charge in [-0.2, -0.15) is 0 Å². The fraction of sp³-hybridized carbons (Fsp3) is 0.217. The molecule has 5 heteroatoms. The zero-order valence-electron chi connectivity index (χ0n) is 16.0. The molecular weight excluding hydrogens is 393 g/mol. The average molecular weight is 416 g/mol. The van der Waals surface area contributed by atoms with Gasteiger partial charge >= 0.3 is 0 Å². The van der Waals surface area contributed by atoms with Crippen LogP contribution in [0.2, 0.25) is 10.0 Å². The van der Waals surface area contributed by atoms with Crippen LogP contribution in [0.4, 0.5) is 0 Å². The first-order valence-corrected chi connectivity index (χ1v) is 9.81. The standard InChI is InChI=1S/C23H23Cl2NO2/c1-16-6-8-17(9-7-16)13-26-14-18-10-11-22(23(12-18)27-2)28-15-19-20(24)4-3-5-21(19)25/h3-12,26H,13-15H2,1-2H3. The summed E-state index contributed by atoms with van der Waals surface area (Å²) in [5.74, 6) is 1.33. The van der Waals surface area contributed by atoms with E-state index in [0.29, 0.717) is 21.5 Å². The molecular formula is C23H23Cl2NO2. The quantitative estimate of drug-likeness (QED) is 0.476. The minimum atomic E-state index is 0.278. The van der Waals surface area contributed by atoms with E-state index in [9.17, 15) is 0 Å². The van der Waals surface area contributed by atoms with Gasteiger partial charge in [-0.15, -0.1) is 0 Å². The Bertz CT molecular complexity index is 906. The molecule has 0 fully saturated rings. The van der Waals surface area contributed by atoms with Crippen LogP contribution in [0.1, 0.15) is 22.3 Å². The largest absolute Gasteiger partial charge is 0.493 e. The van der Waals surface area contributed by atoms with Gasteiger partial charge in [0, 0.05) is 28.7 Å². The molecule has 3 rings (SSSR count). The van der Waals surface area contributed by atoms with Crippen molar-refractivity contribution in [2.24, 2.45) is 0 Å². The van der Waals surface area contributed by atoms with E-state index in [4.69, 9.17) is 32.7 Å². The number of hydrogen-bond acceptors (Lipinski definition) is 3. The second-order valence-electron chi connectivity index (χ2n) is 6.56. The summed E-state index contributed by atoms with van der Waals surface area (Å²) < 4.78 is 11.4. The van der Waals surface area contributed by atoms with Crippen LogP contribution in [0.5, 0.6) is 11.5 Å². The minimum absolute atomic E-state index is 0.278. The number of hydrogen-bond donors (Lipinski definition) is 1. The molecule has 1 N–H and O–H groups in total. The smallest absolute Gasteiger partial charge is 0.161 e. The first-order chi connectivity index (χ1) is 13.6. The Balaban J connectivity index is 1.61. The Morgan fingerprint density at radius 3 is 2.14 bits per heavy atom. The lowest BCUT2D eigenvalue weighted by atomic mass is 10.1. The van der Waals surface area contributed by atoms with Gasteiger partial charge < -0.3 is 14.8 Å². The molecule has 0 bridgehead atoms. The first kappa shape index (κ1) is 20.5. The zero-order valence-corrected chi connectivity index (χ0v) is 17.5. The number of methoxy groups -OCH3 is 1. The molecule has 0 atom stereocenters. The van der Waals surface area contributed by atoms with Crippen molar-refractivity contribution in [2.75, 3.05) is 7.11 Å². The second kappa shape index (κ2) is 9.83. The van der Waals surface area contributed by atoms with Crippen LogP contribution in [-0.2, 0) is 19.7 Å². The molecule has 0 saturated carbocycles. The maximum Gasteiger partial charge on any atom is 0.161 e. The van der Waals surface area contributed by atoms with Crippen molar-refractivity contribution in [3.05, 3.63) is 93.0 Å². The highest BCUT2D eigenvalue weighted by Gasteiger charge is 2.10. The molecule has 146 valence electrons. The molecule has 0 unspecified atom stereocenters. The highest BCUT2D eigenvalue weighted by Crippen LogP contribution is 2.31. The van der Waals surface area contributed by atoms with E-state index in [1.165, 1.54) is 11.1 Å². The van der Waals surface area contributed by atoms with E-state index in [1.807, 2.05) is 24.3 Å². The third-order valence-electron chi connectivity index (χ3n) is 4.44. The molecule has 0 heterocycles. The molecule has 0 aliphatic heterocycles. The maximum absolute atomic E-state index is 6.21. The van der Waals surface area contributed by atoms with Gasteiger partial charge in [-0.25, -0.2) is 0 Å². The van der Waals surface area contributed by atoms with Crippen LogP contribution in [0.25, 0.3) is 0 Å². The molecule has 3 nitrogen and oxygen atoms in total. The van der Waals surface area contributed by atoms with Crippen LogP contribution in [0.15, 0.2) is 60.7 Å². The molecule has 0 aliphatic carbocycles. The van der Waals surface area contributed by atoms with E-state index in [2.05, 4.69) is 36.5 Å². The second-order valence-corrected chi connectivity index (χ2v) is 7.38. The van der Waals surface area contributed by atoms with E-state index in [1.54, 1.807) is 19.2 Å². The third kappa shape index (κ3) is 5.41. The van der Waals surface area contributed by atoms with Crippen molar-refractivity contribution in [3.8, 4) is 11.5 Å². The first-order valence-electron chi connectivity index (χ1n) is 9.05. The Kier molecular flexibility index (Phi) is 7.21. The predicted molar refractivity (Wildman–Crippen MR) is 116 cm³/mol. The van der Waals surface area contributed by atoms with Crippen molar-refractivity contribution in [3.63, 3.8) is 0 Å².